The molecule has 1 N–H and O–H groups in total. The molecule has 4 aromatic rings. The molecule has 6 rings (SSSR count). The molecule has 37 heavy (non-hydrogen) atoms. The van der Waals surface area contributed by atoms with Crippen LogP contribution in [-0.4, -0.2) is 78.5 Å². The van der Waals surface area contributed by atoms with E-state index in [0.29, 0.717) is 40.2 Å². The van der Waals surface area contributed by atoms with Gasteiger partial charge in [0, 0.05) is 47.8 Å². The van der Waals surface area contributed by atoms with Gasteiger partial charge in [-0.25, -0.2) is 12.8 Å². The molecule has 2 saturated heterocycles. The van der Waals surface area contributed by atoms with E-state index in [1.165, 1.54) is 19.2 Å². The molecule has 4 heterocycles. The molecule has 1 amide bonds. The van der Waals surface area contributed by atoms with E-state index in [1.807, 2.05) is 0 Å². The van der Waals surface area contributed by atoms with E-state index in [4.69, 9.17) is 14.0 Å². The molecule has 2 unspecified atom stereocenters. The van der Waals surface area contributed by atoms with Gasteiger partial charge < -0.3 is 18.9 Å². The number of hydrogen-bond acceptors (Lipinski definition) is 8. The third-order valence-corrected chi connectivity index (χ3v) is 8.57. The molecule has 12 heteroatoms. The number of rotatable bonds is 7. The molecule has 2 atom stereocenters. The summed E-state index contributed by atoms with van der Waals surface area (Å²) in [4.78, 5) is 14.6. The molecule has 2 aromatic carbocycles. The van der Waals surface area contributed by atoms with Gasteiger partial charge in [-0.05, 0) is 24.6 Å². The van der Waals surface area contributed by atoms with Crippen molar-refractivity contribution >= 4 is 26.6 Å². The fraction of sp³-hybridized carbons (Fsp3) is 0.320. The van der Waals surface area contributed by atoms with Crippen LogP contribution >= 0.6 is 0 Å². The van der Waals surface area contributed by atoms with Gasteiger partial charge in [-0.3, -0.25) is 9.89 Å². The van der Waals surface area contributed by atoms with Crippen LogP contribution in [0.5, 0.6) is 5.75 Å². The average Bonchev–Trinajstić information content (AvgIpc) is 3.50. The van der Waals surface area contributed by atoms with E-state index in [2.05, 4.69) is 15.4 Å². The summed E-state index contributed by atoms with van der Waals surface area (Å²) in [7, 11) is -1.53. The quantitative estimate of drug-likeness (QED) is 0.364. The third kappa shape index (κ3) is 4.25. The summed E-state index contributed by atoms with van der Waals surface area (Å²) in [5, 5.41) is 11.8. The summed E-state index contributed by atoms with van der Waals surface area (Å²) < 4.78 is 54.1. The lowest BCUT2D eigenvalue weighted by Gasteiger charge is -2.52. The first kappa shape index (κ1) is 23.6. The molecule has 0 saturated carbocycles. The number of H-pyrrole nitrogens is 1. The van der Waals surface area contributed by atoms with Gasteiger partial charge in [0.15, 0.2) is 27.2 Å². The van der Waals surface area contributed by atoms with Crippen molar-refractivity contribution in [2.75, 3.05) is 31.8 Å². The second-order valence-electron chi connectivity index (χ2n) is 9.23. The van der Waals surface area contributed by atoms with Crippen LogP contribution < -0.4 is 4.74 Å². The first-order valence-corrected chi connectivity index (χ1v) is 13.5. The molecule has 2 fully saturated rings. The Morgan fingerprint density at radius 1 is 1.16 bits per heavy atom. The number of halogens is 1. The number of sulfone groups is 1. The Bertz CT molecular complexity index is 1580. The Kier molecular flexibility index (Phi) is 5.72. The number of amides is 1. The van der Waals surface area contributed by atoms with Crippen LogP contribution in [-0.2, 0) is 14.6 Å². The van der Waals surface area contributed by atoms with Crippen LogP contribution in [0, 0.1) is 5.82 Å². The van der Waals surface area contributed by atoms with Gasteiger partial charge in [-0.2, -0.15) is 5.10 Å². The van der Waals surface area contributed by atoms with E-state index in [9.17, 15) is 17.6 Å². The maximum Gasteiger partial charge on any atom is 0.254 e. The lowest BCUT2D eigenvalue weighted by molar-refractivity contribution is 0.0244. The molecule has 10 nitrogen and oxygen atoms in total. The zero-order chi connectivity index (χ0) is 25.7. The van der Waals surface area contributed by atoms with E-state index >= 15 is 0 Å². The Morgan fingerprint density at radius 2 is 1.92 bits per heavy atom. The third-order valence-electron chi connectivity index (χ3n) is 6.79. The minimum absolute atomic E-state index is 0.0307. The molecule has 2 aromatic heterocycles. The Balaban J connectivity index is 1.20. The molecule has 192 valence electrons. The summed E-state index contributed by atoms with van der Waals surface area (Å²) in [6.45, 7) is 0.558. The molecular formula is C25H23FN4O6S. The highest BCUT2D eigenvalue weighted by molar-refractivity contribution is 7.91. The number of methoxy groups -OCH3 is 1. The Labute approximate surface area is 211 Å². The zero-order valence-corrected chi connectivity index (χ0v) is 20.6. The molecule has 0 spiro atoms. The summed E-state index contributed by atoms with van der Waals surface area (Å²) in [5.74, 6) is -0.194. The summed E-state index contributed by atoms with van der Waals surface area (Å²) in [6, 6.07) is 11.0. The number of carbonyl (C=O) groups is 1. The van der Waals surface area contributed by atoms with Crippen LogP contribution in [0.2, 0.25) is 0 Å². The van der Waals surface area contributed by atoms with Gasteiger partial charge >= 0.3 is 0 Å². The number of benzene rings is 2. The first-order chi connectivity index (χ1) is 17.8. The maximum atomic E-state index is 14.6. The van der Waals surface area contributed by atoms with E-state index < -0.39 is 15.7 Å². The summed E-state index contributed by atoms with van der Waals surface area (Å²) >= 11 is 0. The predicted molar refractivity (Wildman–Crippen MR) is 131 cm³/mol. The van der Waals surface area contributed by atoms with Crippen molar-refractivity contribution in [3.63, 3.8) is 0 Å². The average molecular weight is 527 g/mol. The minimum atomic E-state index is -3.06. The number of likely N-dealkylation sites (tertiary alicyclic amines) is 1. The van der Waals surface area contributed by atoms with Crippen molar-refractivity contribution in [2.24, 2.45) is 0 Å². The first-order valence-electron chi connectivity index (χ1n) is 11.7. The smallest absolute Gasteiger partial charge is 0.254 e. The van der Waals surface area contributed by atoms with Crippen LogP contribution in [0.25, 0.3) is 33.6 Å². The number of fused-ring (bicyclic) bond motifs is 3. The van der Waals surface area contributed by atoms with Gasteiger partial charge in [0.25, 0.3) is 5.91 Å². The SMILES string of the molecule is COCCOc1cc2[nH]nc(-c3cc(-c4ccc(C(=O)N5C6CC5CS(=O)(=O)C6)cc4)no3)c2cc1F. The van der Waals surface area contributed by atoms with Gasteiger partial charge in [-0.15, -0.1) is 0 Å². The molecule has 0 aliphatic carbocycles. The normalized spacial score (nSPS) is 20.1. The molecule has 2 aliphatic rings. The highest BCUT2D eigenvalue weighted by Gasteiger charge is 2.50. The van der Waals surface area contributed by atoms with Crippen molar-refractivity contribution in [1.29, 1.82) is 0 Å². The topological polar surface area (TPSA) is 128 Å². The summed E-state index contributed by atoms with van der Waals surface area (Å²) in [6.07, 6.45) is 0.735. The lowest BCUT2D eigenvalue weighted by Crippen LogP contribution is -2.67. The second-order valence-corrected chi connectivity index (χ2v) is 11.4. The molecule has 2 aliphatic heterocycles. The lowest BCUT2D eigenvalue weighted by atomic mass is 9.93. The van der Waals surface area contributed by atoms with Gasteiger partial charge in [-0.1, -0.05) is 17.3 Å². The standard InChI is InChI=1S/C25H23FN4O6S/c1-34-6-7-35-22-11-21-18(9-19(22)26)24(28-27-21)23-10-20(29-36-23)14-2-4-15(5-3-14)25(31)30-16-8-17(30)13-37(32,33)12-16/h2-5,9-11,16-17H,6-8,12-13H2,1H3,(H,27,28). The minimum Gasteiger partial charge on any atom is -0.488 e. The Hall–Kier alpha value is -3.77. The monoisotopic (exact) mass is 526 g/mol. The van der Waals surface area contributed by atoms with Crippen LogP contribution in [0.15, 0.2) is 47.0 Å². The zero-order valence-electron chi connectivity index (χ0n) is 19.8. The van der Waals surface area contributed by atoms with Gasteiger partial charge in [0.05, 0.1) is 23.6 Å². The van der Waals surface area contributed by atoms with E-state index in [0.717, 1.165) is 12.0 Å². The van der Waals surface area contributed by atoms with E-state index in [1.54, 1.807) is 35.2 Å². The van der Waals surface area contributed by atoms with Crippen molar-refractivity contribution in [1.82, 2.24) is 20.3 Å². The van der Waals surface area contributed by atoms with Crippen LogP contribution in [0.4, 0.5) is 4.39 Å². The van der Waals surface area contributed by atoms with Crippen molar-refractivity contribution in [2.45, 2.75) is 18.5 Å². The fourth-order valence-corrected chi connectivity index (χ4v) is 6.89. The molecule has 2 bridgehead atoms. The van der Waals surface area contributed by atoms with Crippen LogP contribution in [0.3, 0.4) is 0 Å². The molecule has 0 radical (unpaired) electrons. The number of hydrogen-bond donors (Lipinski definition) is 1. The number of carbonyl (C=O) groups excluding carboxylic acids is 1. The number of nitrogens with one attached hydrogen (secondary N) is 1. The number of aromatic nitrogens is 3. The number of aromatic amines is 1. The maximum absolute atomic E-state index is 14.6. The summed E-state index contributed by atoms with van der Waals surface area (Å²) in [5.41, 5.74) is 2.71. The van der Waals surface area contributed by atoms with Gasteiger partial charge in [0.1, 0.15) is 18.0 Å². The van der Waals surface area contributed by atoms with Crippen molar-refractivity contribution < 1.29 is 31.6 Å². The van der Waals surface area contributed by atoms with Gasteiger partial charge in [0.2, 0.25) is 0 Å². The number of ether oxygens (including phenoxy) is 2. The van der Waals surface area contributed by atoms with E-state index in [-0.39, 0.29) is 41.9 Å². The Morgan fingerprint density at radius 3 is 2.65 bits per heavy atom. The predicted octanol–water partition coefficient (Wildman–Crippen LogP) is 3.06. The highest BCUT2D eigenvalue weighted by atomic mass is 32.2. The number of nitrogens with zero attached hydrogens (tertiary/aromatic N) is 3. The second kappa shape index (κ2) is 8.96. The van der Waals surface area contributed by atoms with Crippen molar-refractivity contribution in [3.8, 4) is 28.5 Å². The van der Waals surface area contributed by atoms with Crippen molar-refractivity contribution in [3.05, 3.63) is 53.8 Å². The highest BCUT2D eigenvalue weighted by Crippen LogP contribution is 2.36. The molecular weight excluding hydrogens is 503 g/mol. The largest absolute Gasteiger partial charge is 0.488 e. The van der Waals surface area contributed by atoms with Crippen LogP contribution in [0.1, 0.15) is 16.8 Å². The fourth-order valence-electron chi connectivity index (χ4n) is 4.99.